The van der Waals surface area contributed by atoms with Crippen molar-refractivity contribution in [1.29, 1.82) is 0 Å². The summed E-state index contributed by atoms with van der Waals surface area (Å²) < 4.78 is 5.72. The van der Waals surface area contributed by atoms with Crippen molar-refractivity contribution in [3.8, 4) is 0 Å². The molecule has 2 aliphatic rings. The van der Waals surface area contributed by atoms with Crippen LogP contribution in [0.2, 0.25) is 0 Å². The molecule has 2 rings (SSSR count). The SMILES string of the molecule is O=C1O[C@@H]2CC1CCC2I. The Kier molecular flexibility index (Phi) is 1.62. The number of carbonyl (C=O) groups is 1. The van der Waals surface area contributed by atoms with E-state index in [0.717, 1.165) is 19.3 Å². The van der Waals surface area contributed by atoms with Gasteiger partial charge in [0.15, 0.2) is 0 Å². The zero-order valence-corrected chi connectivity index (χ0v) is 7.71. The molecule has 1 heterocycles. The molecule has 2 fully saturated rings. The Morgan fingerprint density at radius 1 is 1.50 bits per heavy atom. The number of fused-ring (bicyclic) bond motifs is 2. The van der Waals surface area contributed by atoms with Gasteiger partial charge in [0.2, 0.25) is 0 Å². The van der Waals surface area contributed by atoms with Crippen LogP contribution in [0.4, 0.5) is 0 Å². The minimum atomic E-state index is 0.0455. The molecule has 1 aliphatic heterocycles. The molecule has 3 heteroatoms. The van der Waals surface area contributed by atoms with E-state index < -0.39 is 0 Å². The van der Waals surface area contributed by atoms with E-state index in [0.29, 0.717) is 3.92 Å². The molecule has 3 atom stereocenters. The number of ether oxygens (including phenoxy) is 1. The predicted octanol–water partition coefficient (Wildman–Crippen LogP) is 1.52. The number of rotatable bonds is 0. The second-order valence-electron chi connectivity index (χ2n) is 3.00. The maximum atomic E-state index is 11.0. The van der Waals surface area contributed by atoms with E-state index in [9.17, 15) is 4.79 Å². The molecule has 1 aliphatic carbocycles. The standard InChI is InChI=1S/C7H9IO2/c8-5-2-1-4-3-6(5)10-7(4)9/h4-6H,1-3H2/t4?,5?,6-/m1/s1. The second kappa shape index (κ2) is 2.36. The average Bonchev–Trinajstić information content (AvgIpc) is 2.21. The van der Waals surface area contributed by atoms with Crippen molar-refractivity contribution in [2.24, 2.45) is 5.92 Å². The van der Waals surface area contributed by atoms with Gasteiger partial charge in [-0.25, -0.2) is 0 Å². The molecule has 0 radical (unpaired) electrons. The topological polar surface area (TPSA) is 26.3 Å². The van der Waals surface area contributed by atoms with Crippen molar-refractivity contribution < 1.29 is 9.53 Å². The van der Waals surface area contributed by atoms with Gasteiger partial charge in [-0.15, -0.1) is 0 Å². The van der Waals surface area contributed by atoms with E-state index in [1.54, 1.807) is 0 Å². The minimum Gasteiger partial charge on any atom is -0.461 e. The molecule has 0 spiro atoms. The molecular weight excluding hydrogens is 243 g/mol. The van der Waals surface area contributed by atoms with Gasteiger partial charge in [-0.2, -0.15) is 0 Å². The van der Waals surface area contributed by atoms with Crippen molar-refractivity contribution in [3.05, 3.63) is 0 Å². The third kappa shape index (κ3) is 0.946. The lowest BCUT2D eigenvalue weighted by molar-refractivity contribution is -0.143. The Morgan fingerprint density at radius 3 is 3.00 bits per heavy atom. The van der Waals surface area contributed by atoms with E-state index >= 15 is 0 Å². The van der Waals surface area contributed by atoms with Crippen LogP contribution in [0.25, 0.3) is 0 Å². The summed E-state index contributed by atoms with van der Waals surface area (Å²) >= 11 is 2.38. The van der Waals surface area contributed by atoms with Gasteiger partial charge in [-0.05, 0) is 19.3 Å². The molecule has 10 heavy (non-hydrogen) atoms. The molecule has 0 amide bonds. The van der Waals surface area contributed by atoms with Crippen molar-refractivity contribution in [2.75, 3.05) is 0 Å². The third-order valence-electron chi connectivity index (χ3n) is 2.31. The van der Waals surface area contributed by atoms with Crippen LogP contribution in [-0.2, 0) is 9.53 Å². The zero-order valence-electron chi connectivity index (χ0n) is 5.55. The highest BCUT2D eigenvalue weighted by Gasteiger charge is 2.41. The minimum absolute atomic E-state index is 0.0455. The van der Waals surface area contributed by atoms with E-state index in [1.807, 2.05) is 0 Å². The molecule has 0 aromatic carbocycles. The van der Waals surface area contributed by atoms with E-state index in [-0.39, 0.29) is 18.0 Å². The molecule has 2 nitrogen and oxygen atoms in total. The van der Waals surface area contributed by atoms with Crippen molar-refractivity contribution >= 4 is 28.6 Å². The van der Waals surface area contributed by atoms with Crippen LogP contribution in [0.3, 0.4) is 0 Å². The fourth-order valence-electron chi connectivity index (χ4n) is 1.67. The predicted molar refractivity (Wildman–Crippen MR) is 45.0 cm³/mol. The van der Waals surface area contributed by atoms with Crippen molar-refractivity contribution in [2.45, 2.75) is 29.3 Å². The van der Waals surface area contributed by atoms with Crippen LogP contribution in [0.15, 0.2) is 0 Å². The summed E-state index contributed by atoms with van der Waals surface area (Å²) in [6, 6.07) is 0. The molecule has 1 saturated carbocycles. The number of hydrogen-bond acceptors (Lipinski definition) is 2. The summed E-state index contributed by atoms with van der Waals surface area (Å²) in [5.74, 6) is 0.292. The quantitative estimate of drug-likeness (QED) is 0.371. The number of carbonyl (C=O) groups excluding carboxylic acids is 1. The van der Waals surface area contributed by atoms with E-state index in [2.05, 4.69) is 22.6 Å². The maximum absolute atomic E-state index is 11.0. The van der Waals surface area contributed by atoms with Crippen LogP contribution in [0.5, 0.6) is 0 Å². The molecule has 2 bridgehead atoms. The van der Waals surface area contributed by atoms with Crippen LogP contribution in [0.1, 0.15) is 19.3 Å². The third-order valence-corrected chi connectivity index (χ3v) is 3.74. The largest absolute Gasteiger partial charge is 0.461 e. The van der Waals surface area contributed by atoms with Gasteiger partial charge in [0, 0.05) is 3.92 Å². The molecule has 0 N–H and O–H groups in total. The smallest absolute Gasteiger partial charge is 0.309 e. The Balaban J connectivity index is 2.15. The molecule has 1 saturated heterocycles. The molecule has 0 aromatic heterocycles. The van der Waals surface area contributed by atoms with Crippen LogP contribution in [0, 0.1) is 5.92 Å². The fraction of sp³-hybridized carbons (Fsp3) is 0.857. The highest BCUT2D eigenvalue weighted by molar-refractivity contribution is 14.1. The number of hydrogen-bond donors (Lipinski definition) is 0. The Hall–Kier alpha value is 0.200. The summed E-state index contributed by atoms with van der Waals surface area (Å²) in [6.07, 6.45) is 3.42. The van der Waals surface area contributed by atoms with Crippen LogP contribution < -0.4 is 0 Å². The lowest BCUT2D eigenvalue weighted by atomic mass is 9.90. The summed E-state index contributed by atoms with van der Waals surface area (Å²) in [5.41, 5.74) is 0. The van der Waals surface area contributed by atoms with Crippen LogP contribution in [-0.4, -0.2) is 16.0 Å². The van der Waals surface area contributed by atoms with Gasteiger partial charge in [0.1, 0.15) is 6.10 Å². The average molecular weight is 252 g/mol. The number of alkyl halides is 1. The van der Waals surface area contributed by atoms with Crippen molar-refractivity contribution in [3.63, 3.8) is 0 Å². The summed E-state index contributed by atoms with van der Waals surface area (Å²) in [5, 5.41) is 0. The monoisotopic (exact) mass is 252 g/mol. The fourth-order valence-corrected chi connectivity index (χ4v) is 2.47. The van der Waals surface area contributed by atoms with Crippen molar-refractivity contribution in [1.82, 2.24) is 0 Å². The molecule has 56 valence electrons. The second-order valence-corrected chi connectivity index (χ2v) is 4.60. The Morgan fingerprint density at radius 2 is 2.30 bits per heavy atom. The zero-order chi connectivity index (χ0) is 7.14. The van der Waals surface area contributed by atoms with Gasteiger partial charge in [0.05, 0.1) is 5.92 Å². The molecule has 2 unspecified atom stereocenters. The van der Waals surface area contributed by atoms with E-state index in [1.165, 1.54) is 0 Å². The van der Waals surface area contributed by atoms with E-state index in [4.69, 9.17) is 4.74 Å². The number of halogens is 1. The lowest BCUT2D eigenvalue weighted by Gasteiger charge is -2.19. The first-order valence-corrected chi connectivity index (χ1v) is 4.86. The summed E-state index contributed by atoms with van der Waals surface area (Å²) in [6.45, 7) is 0. The lowest BCUT2D eigenvalue weighted by Crippen LogP contribution is -2.22. The first-order valence-electron chi connectivity index (χ1n) is 3.62. The Labute approximate surface area is 73.5 Å². The van der Waals surface area contributed by atoms with Gasteiger partial charge < -0.3 is 4.74 Å². The summed E-state index contributed by atoms with van der Waals surface area (Å²) in [4.78, 5) is 11.0. The maximum Gasteiger partial charge on any atom is 0.309 e. The number of esters is 1. The van der Waals surface area contributed by atoms with Gasteiger partial charge in [0.25, 0.3) is 0 Å². The first kappa shape index (κ1) is 6.88. The molecule has 0 aromatic rings. The van der Waals surface area contributed by atoms with Crippen LogP contribution >= 0.6 is 22.6 Å². The highest BCUT2D eigenvalue weighted by atomic mass is 127. The van der Waals surface area contributed by atoms with Gasteiger partial charge in [-0.1, -0.05) is 22.6 Å². The van der Waals surface area contributed by atoms with Gasteiger partial charge in [-0.3, -0.25) is 4.79 Å². The Bertz CT molecular complexity index is 169. The molecular formula is C7H9IO2. The van der Waals surface area contributed by atoms with Gasteiger partial charge >= 0.3 is 5.97 Å². The summed E-state index contributed by atoms with van der Waals surface area (Å²) in [7, 11) is 0. The normalized spacial score (nSPS) is 45.3. The first-order chi connectivity index (χ1) is 4.77. The highest BCUT2D eigenvalue weighted by Crippen LogP contribution is 2.37.